The number of hydrogen-bond acceptors (Lipinski definition) is 4. The highest BCUT2D eigenvalue weighted by Gasteiger charge is 2.21. The van der Waals surface area contributed by atoms with Gasteiger partial charge < -0.3 is 10.2 Å². The van der Waals surface area contributed by atoms with Crippen molar-refractivity contribution in [3.63, 3.8) is 0 Å². The Kier molecular flexibility index (Phi) is 5.48. The number of nitrogens with zero attached hydrogens (tertiary/aromatic N) is 2. The van der Waals surface area contributed by atoms with E-state index in [9.17, 15) is 8.42 Å². The van der Waals surface area contributed by atoms with Crippen molar-refractivity contribution in [3.8, 4) is 0 Å². The van der Waals surface area contributed by atoms with E-state index < -0.39 is 10.0 Å². The molecule has 3 aromatic rings. The molecule has 5 nitrogen and oxygen atoms in total. The van der Waals surface area contributed by atoms with E-state index in [4.69, 9.17) is 11.6 Å². The summed E-state index contributed by atoms with van der Waals surface area (Å²) in [7, 11) is -3.66. The molecule has 2 aromatic carbocycles. The van der Waals surface area contributed by atoms with Gasteiger partial charge in [0.2, 0.25) is 0 Å². The lowest BCUT2D eigenvalue weighted by molar-refractivity contribution is 0.588. The Labute approximate surface area is 164 Å². The summed E-state index contributed by atoms with van der Waals surface area (Å²) in [6.07, 6.45) is 1.63. The van der Waals surface area contributed by atoms with Crippen LogP contribution in [-0.4, -0.2) is 38.6 Å². The quantitative estimate of drug-likeness (QED) is 0.717. The Bertz CT molecular complexity index is 1010. The molecular weight excluding hydrogens is 393 g/mol. The second-order valence-electron chi connectivity index (χ2n) is 6.02. The molecule has 0 aliphatic carbocycles. The SMILES string of the molecule is Cl.O=S(=O)(c1ccc(Cl)cc1)n1ccc2c(N3CCNCC3)cccc21. The average Bonchev–Trinajstić information content (AvgIpc) is 3.08. The van der Waals surface area contributed by atoms with Crippen LogP contribution in [0.4, 0.5) is 5.69 Å². The monoisotopic (exact) mass is 411 g/mol. The lowest BCUT2D eigenvalue weighted by Gasteiger charge is -2.30. The molecule has 1 aliphatic rings. The van der Waals surface area contributed by atoms with Crippen molar-refractivity contribution in [2.75, 3.05) is 31.1 Å². The molecule has 26 heavy (non-hydrogen) atoms. The number of aromatic nitrogens is 1. The van der Waals surface area contributed by atoms with Crippen LogP contribution in [0.25, 0.3) is 10.9 Å². The Morgan fingerprint density at radius 3 is 2.35 bits per heavy atom. The Hall–Kier alpha value is -1.73. The predicted octanol–water partition coefficient (Wildman–Crippen LogP) is 3.36. The predicted molar refractivity (Wildman–Crippen MR) is 108 cm³/mol. The van der Waals surface area contributed by atoms with Crippen LogP contribution in [-0.2, 0) is 10.0 Å². The first-order chi connectivity index (χ1) is 12.1. The highest BCUT2D eigenvalue weighted by molar-refractivity contribution is 7.90. The van der Waals surface area contributed by atoms with Crippen molar-refractivity contribution >= 4 is 50.6 Å². The first kappa shape index (κ1) is 19.0. The first-order valence-electron chi connectivity index (χ1n) is 8.14. The zero-order valence-electron chi connectivity index (χ0n) is 13.9. The number of piperazine rings is 1. The van der Waals surface area contributed by atoms with Crippen LogP contribution in [0.15, 0.2) is 59.6 Å². The van der Waals surface area contributed by atoms with Gasteiger partial charge in [0.25, 0.3) is 10.0 Å². The highest BCUT2D eigenvalue weighted by Crippen LogP contribution is 2.30. The first-order valence-corrected chi connectivity index (χ1v) is 9.96. The summed E-state index contributed by atoms with van der Waals surface area (Å²) in [5, 5.41) is 4.79. The maximum atomic E-state index is 13.0. The third-order valence-corrected chi connectivity index (χ3v) is 6.46. The molecule has 4 rings (SSSR count). The van der Waals surface area contributed by atoms with Crippen LogP contribution in [0.1, 0.15) is 0 Å². The van der Waals surface area contributed by atoms with Gasteiger partial charge in [0.1, 0.15) is 0 Å². The molecular formula is C18H19Cl2N3O2S. The van der Waals surface area contributed by atoms with Crippen molar-refractivity contribution in [1.82, 2.24) is 9.29 Å². The van der Waals surface area contributed by atoms with Gasteiger partial charge in [0.15, 0.2) is 0 Å². The second kappa shape index (κ2) is 7.48. The minimum Gasteiger partial charge on any atom is -0.368 e. The number of halogens is 2. The van der Waals surface area contributed by atoms with Gasteiger partial charge in [0.05, 0.1) is 10.4 Å². The summed E-state index contributed by atoms with van der Waals surface area (Å²) in [5.74, 6) is 0. The molecule has 2 heterocycles. The molecule has 0 amide bonds. The van der Waals surface area contributed by atoms with Gasteiger partial charge in [-0.15, -0.1) is 12.4 Å². The summed E-state index contributed by atoms with van der Waals surface area (Å²) in [6, 6.07) is 13.9. The molecule has 1 fully saturated rings. The van der Waals surface area contributed by atoms with E-state index in [1.165, 1.54) is 16.1 Å². The summed E-state index contributed by atoms with van der Waals surface area (Å²) in [6.45, 7) is 3.68. The van der Waals surface area contributed by atoms with Gasteiger partial charge in [-0.2, -0.15) is 0 Å². The van der Waals surface area contributed by atoms with E-state index in [-0.39, 0.29) is 17.3 Å². The molecule has 0 saturated carbocycles. The van der Waals surface area contributed by atoms with Crippen molar-refractivity contribution < 1.29 is 8.42 Å². The van der Waals surface area contributed by atoms with E-state index in [1.807, 2.05) is 24.3 Å². The second-order valence-corrected chi connectivity index (χ2v) is 8.27. The van der Waals surface area contributed by atoms with Crippen LogP contribution in [0.2, 0.25) is 5.02 Å². The Morgan fingerprint density at radius 1 is 0.962 bits per heavy atom. The Morgan fingerprint density at radius 2 is 1.65 bits per heavy atom. The van der Waals surface area contributed by atoms with Gasteiger partial charge in [-0.1, -0.05) is 17.7 Å². The fourth-order valence-corrected chi connectivity index (χ4v) is 4.71. The molecule has 0 radical (unpaired) electrons. The number of rotatable bonds is 3. The molecule has 1 saturated heterocycles. The van der Waals surface area contributed by atoms with Gasteiger partial charge in [-0.05, 0) is 42.5 Å². The maximum absolute atomic E-state index is 13.0. The molecule has 0 unspecified atom stereocenters. The number of nitrogens with one attached hydrogen (secondary N) is 1. The number of anilines is 1. The van der Waals surface area contributed by atoms with Crippen molar-refractivity contribution in [3.05, 3.63) is 59.8 Å². The van der Waals surface area contributed by atoms with Gasteiger partial charge in [-0.25, -0.2) is 12.4 Å². The number of fused-ring (bicyclic) bond motifs is 1. The normalized spacial score (nSPS) is 15.0. The zero-order valence-corrected chi connectivity index (χ0v) is 16.3. The molecule has 1 aromatic heterocycles. The maximum Gasteiger partial charge on any atom is 0.268 e. The van der Waals surface area contributed by atoms with Crippen molar-refractivity contribution in [2.45, 2.75) is 4.90 Å². The number of hydrogen-bond donors (Lipinski definition) is 1. The summed E-state index contributed by atoms with van der Waals surface area (Å²) in [4.78, 5) is 2.51. The summed E-state index contributed by atoms with van der Waals surface area (Å²) >= 11 is 5.88. The largest absolute Gasteiger partial charge is 0.368 e. The van der Waals surface area contributed by atoms with Crippen molar-refractivity contribution in [1.29, 1.82) is 0 Å². The van der Waals surface area contributed by atoms with E-state index in [1.54, 1.807) is 18.3 Å². The lowest BCUT2D eigenvalue weighted by Crippen LogP contribution is -2.43. The topological polar surface area (TPSA) is 54.3 Å². The van der Waals surface area contributed by atoms with Crippen LogP contribution < -0.4 is 10.2 Å². The fraction of sp³-hybridized carbons (Fsp3) is 0.222. The third kappa shape index (κ3) is 3.30. The minimum absolute atomic E-state index is 0. The fourth-order valence-electron chi connectivity index (χ4n) is 3.24. The van der Waals surface area contributed by atoms with Crippen LogP contribution in [0.3, 0.4) is 0 Å². The van der Waals surface area contributed by atoms with Crippen LogP contribution in [0, 0.1) is 0 Å². The molecule has 0 atom stereocenters. The standard InChI is InChI=1S/C18H18ClN3O2S.ClH/c19-14-4-6-15(7-5-14)25(23,24)22-11-8-16-17(2-1-3-18(16)22)21-12-9-20-10-13-21;/h1-8,11,20H,9-10,12-13H2;1H. The Balaban J connectivity index is 0.00000196. The third-order valence-electron chi connectivity index (χ3n) is 4.50. The molecule has 138 valence electrons. The van der Waals surface area contributed by atoms with E-state index in [0.717, 1.165) is 37.3 Å². The average molecular weight is 412 g/mol. The molecule has 8 heteroatoms. The van der Waals surface area contributed by atoms with Gasteiger partial charge in [-0.3, -0.25) is 0 Å². The summed E-state index contributed by atoms with van der Waals surface area (Å²) in [5.41, 5.74) is 1.76. The van der Waals surface area contributed by atoms with E-state index in [0.29, 0.717) is 10.5 Å². The molecule has 1 N–H and O–H groups in total. The molecule has 0 spiro atoms. The number of benzene rings is 2. The highest BCUT2D eigenvalue weighted by atomic mass is 35.5. The minimum atomic E-state index is -3.66. The van der Waals surface area contributed by atoms with Gasteiger partial charge in [0, 0.05) is 48.5 Å². The van der Waals surface area contributed by atoms with Crippen LogP contribution >= 0.6 is 24.0 Å². The zero-order chi connectivity index (χ0) is 17.4. The van der Waals surface area contributed by atoms with E-state index >= 15 is 0 Å². The van der Waals surface area contributed by atoms with Crippen molar-refractivity contribution in [2.24, 2.45) is 0 Å². The molecule has 0 bridgehead atoms. The van der Waals surface area contributed by atoms with Gasteiger partial charge >= 0.3 is 0 Å². The molecule has 1 aliphatic heterocycles. The lowest BCUT2D eigenvalue weighted by atomic mass is 10.2. The van der Waals surface area contributed by atoms with E-state index in [2.05, 4.69) is 10.2 Å². The smallest absolute Gasteiger partial charge is 0.268 e. The summed E-state index contributed by atoms with van der Waals surface area (Å²) < 4.78 is 27.4. The van der Waals surface area contributed by atoms with Crippen LogP contribution in [0.5, 0.6) is 0 Å².